The molecule has 0 saturated carbocycles. The van der Waals surface area contributed by atoms with Crippen LogP contribution in [0.25, 0.3) is 0 Å². The van der Waals surface area contributed by atoms with E-state index in [2.05, 4.69) is 0 Å². The zero-order valence-electron chi connectivity index (χ0n) is 11.6. The Morgan fingerprint density at radius 3 is 2.17 bits per heavy atom. The Labute approximate surface area is 109 Å². The normalized spacial score (nSPS) is 10.7. The van der Waals surface area contributed by atoms with Gasteiger partial charge in [0.05, 0.1) is 14.2 Å². The van der Waals surface area contributed by atoms with E-state index in [1.807, 2.05) is 32.0 Å². The van der Waals surface area contributed by atoms with Crippen molar-refractivity contribution in [1.82, 2.24) is 0 Å². The minimum Gasteiger partial charge on any atom is -0.497 e. The van der Waals surface area contributed by atoms with Crippen molar-refractivity contribution < 1.29 is 18.9 Å². The van der Waals surface area contributed by atoms with E-state index in [9.17, 15) is 0 Å². The van der Waals surface area contributed by atoms with Gasteiger partial charge >= 0.3 is 0 Å². The van der Waals surface area contributed by atoms with E-state index in [4.69, 9.17) is 18.9 Å². The molecule has 0 aromatic heterocycles. The Balaban J connectivity index is 2.84. The molecule has 0 bridgehead atoms. The van der Waals surface area contributed by atoms with Crippen LogP contribution < -0.4 is 9.47 Å². The fraction of sp³-hybridized carbons (Fsp3) is 0.571. The molecular weight excluding hydrogens is 232 g/mol. The first kappa shape index (κ1) is 14.8. The highest BCUT2D eigenvalue weighted by Gasteiger charge is 2.13. The van der Waals surface area contributed by atoms with Crippen LogP contribution in [-0.4, -0.2) is 33.7 Å². The molecule has 1 aromatic rings. The van der Waals surface area contributed by atoms with Crippen LogP contribution in [0.5, 0.6) is 11.5 Å². The van der Waals surface area contributed by atoms with E-state index in [-0.39, 0.29) is 6.29 Å². The van der Waals surface area contributed by atoms with Crippen molar-refractivity contribution in [3.05, 3.63) is 23.8 Å². The lowest BCUT2D eigenvalue weighted by Crippen LogP contribution is -2.20. The summed E-state index contributed by atoms with van der Waals surface area (Å²) in [4.78, 5) is 0. The van der Waals surface area contributed by atoms with Crippen molar-refractivity contribution in [1.29, 1.82) is 0 Å². The number of benzene rings is 1. The number of hydrogen-bond donors (Lipinski definition) is 0. The predicted octanol–water partition coefficient (Wildman–Crippen LogP) is 2.65. The van der Waals surface area contributed by atoms with Crippen molar-refractivity contribution in [2.24, 2.45) is 0 Å². The highest BCUT2D eigenvalue weighted by atomic mass is 16.7. The summed E-state index contributed by atoms with van der Waals surface area (Å²) < 4.78 is 21.6. The number of ether oxygens (including phenoxy) is 4. The quantitative estimate of drug-likeness (QED) is 0.668. The standard InChI is InChI=1S/C14H22O4/c1-5-17-14(18-6-2)10-11-9-12(15-3)7-8-13(11)16-4/h7-9,14H,5-6,10H2,1-4H3. The lowest BCUT2D eigenvalue weighted by Gasteiger charge is -2.18. The maximum absolute atomic E-state index is 5.54. The van der Waals surface area contributed by atoms with Gasteiger partial charge in [0.1, 0.15) is 11.5 Å². The van der Waals surface area contributed by atoms with Gasteiger partial charge in [0.2, 0.25) is 0 Å². The number of methoxy groups -OCH3 is 2. The van der Waals surface area contributed by atoms with Crippen LogP contribution >= 0.6 is 0 Å². The summed E-state index contributed by atoms with van der Waals surface area (Å²) in [5.74, 6) is 1.62. The minimum absolute atomic E-state index is 0.249. The second kappa shape index (κ2) is 7.95. The molecule has 0 atom stereocenters. The van der Waals surface area contributed by atoms with E-state index in [0.29, 0.717) is 19.6 Å². The van der Waals surface area contributed by atoms with Gasteiger partial charge in [-0.25, -0.2) is 0 Å². The van der Waals surface area contributed by atoms with Crippen molar-refractivity contribution in [3.8, 4) is 11.5 Å². The largest absolute Gasteiger partial charge is 0.497 e. The average Bonchev–Trinajstić information content (AvgIpc) is 2.39. The molecule has 0 aliphatic rings. The highest BCUT2D eigenvalue weighted by molar-refractivity contribution is 5.40. The van der Waals surface area contributed by atoms with Gasteiger partial charge in [-0.3, -0.25) is 0 Å². The molecule has 1 aromatic carbocycles. The summed E-state index contributed by atoms with van der Waals surface area (Å²) in [5, 5.41) is 0. The molecule has 0 amide bonds. The first-order valence-electron chi connectivity index (χ1n) is 6.19. The highest BCUT2D eigenvalue weighted by Crippen LogP contribution is 2.25. The lowest BCUT2D eigenvalue weighted by molar-refractivity contribution is -0.134. The summed E-state index contributed by atoms with van der Waals surface area (Å²) in [6.07, 6.45) is 0.392. The van der Waals surface area contributed by atoms with Gasteiger partial charge in [0, 0.05) is 25.2 Å². The van der Waals surface area contributed by atoms with Gasteiger partial charge in [-0.2, -0.15) is 0 Å². The Hall–Kier alpha value is -1.26. The molecule has 1 rings (SSSR count). The van der Waals surface area contributed by atoms with Gasteiger partial charge in [-0.15, -0.1) is 0 Å². The first-order chi connectivity index (χ1) is 8.74. The van der Waals surface area contributed by atoms with Crippen LogP contribution in [-0.2, 0) is 15.9 Å². The molecular formula is C14H22O4. The zero-order valence-corrected chi connectivity index (χ0v) is 11.6. The molecule has 0 N–H and O–H groups in total. The maximum Gasteiger partial charge on any atom is 0.161 e. The molecule has 4 heteroatoms. The van der Waals surface area contributed by atoms with Crippen LogP contribution in [0.2, 0.25) is 0 Å². The minimum atomic E-state index is -0.249. The molecule has 0 spiro atoms. The third-order valence-electron chi connectivity index (χ3n) is 2.58. The van der Waals surface area contributed by atoms with E-state index >= 15 is 0 Å². The van der Waals surface area contributed by atoms with Crippen LogP contribution in [0.1, 0.15) is 19.4 Å². The fourth-order valence-corrected chi connectivity index (χ4v) is 1.76. The zero-order chi connectivity index (χ0) is 13.4. The molecule has 0 saturated heterocycles. The Kier molecular flexibility index (Phi) is 6.54. The molecule has 0 unspecified atom stereocenters. The summed E-state index contributed by atoms with van der Waals surface area (Å²) in [7, 11) is 3.30. The van der Waals surface area contributed by atoms with Crippen LogP contribution in [0.15, 0.2) is 18.2 Å². The van der Waals surface area contributed by atoms with Gasteiger partial charge in [-0.1, -0.05) is 0 Å². The molecule has 0 radical (unpaired) electrons. The lowest BCUT2D eigenvalue weighted by atomic mass is 10.1. The second-order valence-corrected chi connectivity index (χ2v) is 3.72. The van der Waals surface area contributed by atoms with E-state index in [0.717, 1.165) is 17.1 Å². The first-order valence-corrected chi connectivity index (χ1v) is 6.19. The molecule has 18 heavy (non-hydrogen) atoms. The Bertz CT molecular complexity index is 346. The summed E-state index contributed by atoms with van der Waals surface area (Å²) in [6.45, 7) is 5.15. The van der Waals surface area contributed by atoms with Gasteiger partial charge in [0.15, 0.2) is 6.29 Å². The maximum atomic E-state index is 5.54. The van der Waals surface area contributed by atoms with Crippen molar-refractivity contribution in [2.45, 2.75) is 26.6 Å². The van der Waals surface area contributed by atoms with E-state index in [1.165, 1.54) is 0 Å². The molecule has 0 heterocycles. The summed E-state index contributed by atoms with van der Waals surface area (Å²) in [5.41, 5.74) is 1.02. The van der Waals surface area contributed by atoms with Crippen molar-refractivity contribution in [3.63, 3.8) is 0 Å². The van der Waals surface area contributed by atoms with E-state index < -0.39 is 0 Å². The SMILES string of the molecule is CCOC(Cc1cc(OC)ccc1OC)OCC. The van der Waals surface area contributed by atoms with Crippen molar-refractivity contribution in [2.75, 3.05) is 27.4 Å². The second-order valence-electron chi connectivity index (χ2n) is 3.72. The Morgan fingerprint density at radius 2 is 1.67 bits per heavy atom. The number of rotatable bonds is 8. The topological polar surface area (TPSA) is 36.9 Å². The molecule has 0 fully saturated rings. The monoisotopic (exact) mass is 254 g/mol. The molecule has 0 aliphatic carbocycles. The summed E-state index contributed by atoms with van der Waals surface area (Å²) >= 11 is 0. The van der Waals surface area contributed by atoms with Crippen molar-refractivity contribution >= 4 is 0 Å². The average molecular weight is 254 g/mol. The smallest absolute Gasteiger partial charge is 0.161 e. The summed E-state index contributed by atoms with van der Waals surface area (Å²) in [6, 6.07) is 5.71. The molecule has 4 nitrogen and oxygen atoms in total. The van der Waals surface area contributed by atoms with Crippen LogP contribution in [0.3, 0.4) is 0 Å². The van der Waals surface area contributed by atoms with E-state index in [1.54, 1.807) is 14.2 Å². The van der Waals surface area contributed by atoms with Crippen LogP contribution in [0, 0.1) is 0 Å². The Morgan fingerprint density at radius 1 is 1.00 bits per heavy atom. The number of hydrogen-bond acceptors (Lipinski definition) is 4. The van der Waals surface area contributed by atoms with Crippen LogP contribution in [0.4, 0.5) is 0 Å². The van der Waals surface area contributed by atoms with Gasteiger partial charge < -0.3 is 18.9 Å². The molecule has 102 valence electrons. The molecule has 0 aliphatic heterocycles. The third kappa shape index (κ3) is 4.20. The van der Waals surface area contributed by atoms with Gasteiger partial charge in [0.25, 0.3) is 0 Å². The third-order valence-corrected chi connectivity index (χ3v) is 2.58. The fourth-order valence-electron chi connectivity index (χ4n) is 1.76. The van der Waals surface area contributed by atoms with Gasteiger partial charge in [-0.05, 0) is 32.0 Å². The predicted molar refractivity (Wildman–Crippen MR) is 70.3 cm³/mol.